The summed E-state index contributed by atoms with van der Waals surface area (Å²) in [5.74, 6) is -1.89. The number of nitrogens with zero attached hydrogens (tertiary/aromatic N) is 1. The molecule has 4 rings (SSSR count). The van der Waals surface area contributed by atoms with Gasteiger partial charge >= 0.3 is 6.09 Å². The van der Waals surface area contributed by atoms with Gasteiger partial charge in [0.1, 0.15) is 24.7 Å². The summed E-state index contributed by atoms with van der Waals surface area (Å²) < 4.78 is 11.1. The van der Waals surface area contributed by atoms with Crippen molar-refractivity contribution in [1.82, 2.24) is 20.9 Å². The lowest BCUT2D eigenvalue weighted by Gasteiger charge is -2.32. The van der Waals surface area contributed by atoms with Gasteiger partial charge in [0.15, 0.2) is 0 Å². The van der Waals surface area contributed by atoms with Crippen LogP contribution in [0.3, 0.4) is 0 Å². The van der Waals surface area contributed by atoms with Gasteiger partial charge < -0.3 is 25.0 Å². The molecule has 0 radical (unpaired) electrons. The van der Waals surface area contributed by atoms with Crippen LogP contribution in [-0.4, -0.2) is 65.4 Å². The van der Waals surface area contributed by atoms with Crippen LogP contribution < -0.4 is 16.0 Å². The van der Waals surface area contributed by atoms with Crippen molar-refractivity contribution in [2.24, 2.45) is 0 Å². The maximum atomic E-state index is 13.8. The van der Waals surface area contributed by atoms with Gasteiger partial charge in [-0.05, 0) is 37.3 Å². The molecule has 11 nitrogen and oxygen atoms in total. The monoisotopic (exact) mass is 550 g/mol. The lowest BCUT2D eigenvalue weighted by molar-refractivity contribution is -0.145. The Bertz CT molecular complexity index is 1210. The number of alkyl carbamates (subject to hydrolysis) is 1. The van der Waals surface area contributed by atoms with Crippen LogP contribution in [0.15, 0.2) is 60.7 Å². The number of likely N-dealkylation sites (tertiary alicyclic amines) is 1. The van der Waals surface area contributed by atoms with Crippen molar-refractivity contribution in [2.45, 2.75) is 70.1 Å². The van der Waals surface area contributed by atoms with Gasteiger partial charge in [0.05, 0.1) is 12.7 Å². The van der Waals surface area contributed by atoms with E-state index >= 15 is 0 Å². The average Bonchev–Trinajstić information content (AvgIpc) is 3.64. The summed E-state index contributed by atoms with van der Waals surface area (Å²) in [6.07, 6.45) is -0.219. The molecule has 0 bridgehead atoms. The van der Waals surface area contributed by atoms with Crippen LogP contribution in [-0.2, 0) is 41.9 Å². The first-order chi connectivity index (χ1) is 19.3. The fourth-order valence-electron chi connectivity index (χ4n) is 4.77. The molecule has 2 aromatic rings. The van der Waals surface area contributed by atoms with E-state index in [1.165, 1.54) is 4.90 Å². The molecular formula is C29H34N4O7. The normalized spacial score (nSPS) is 19.8. The van der Waals surface area contributed by atoms with Crippen molar-refractivity contribution in [3.63, 3.8) is 0 Å². The van der Waals surface area contributed by atoms with E-state index < -0.39 is 48.0 Å². The molecule has 2 saturated heterocycles. The Morgan fingerprint density at radius 1 is 0.950 bits per heavy atom. The van der Waals surface area contributed by atoms with Gasteiger partial charge in [-0.15, -0.1) is 0 Å². The predicted molar refractivity (Wildman–Crippen MR) is 143 cm³/mol. The Kier molecular flexibility index (Phi) is 9.85. The molecule has 5 amide bonds. The van der Waals surface area contributed by atoms with Gasteiger partial charge in [-0.2, -0.15) is 0 Å². The second-order valence-corrected chi connectivity index (χ2v) is 9.89. The summed E-state index contributed by atoms with van der Waals surface area (Å²) in [6, 6.07) is 15.6. The maximum Gasteiger partial charge on any atom is 0.414 e. The average molecular weight is 551 g/mol. The van der Waals surface area contributed by atoms with Crippen molar-refractivity contribution in [2.75, 3.05) is 6.54 Å². The van der Waals surface area contributed by atoms with E-state index in [1.807, 2.05) is 48.5 Å². The SMILES string of the molecule is C[C@@H](OCc1ccccc1)[C@H](NC(=O)[C@@H]1CCC(=O)N1)C(=O)N1CCC[C@H]1C(=O)NC(=O)OCc1ccccc1. The largest absolute Gasteiger partial charge is 0.444 e. The van der Waals surface area contributed by atoms with Crippen LogP contribution in [0.1, 0.15) is 43.7 Å². The molecule has 4 atom stereocenters. The smallest absolute Gasteiger partial charge is 0.414 e. The highest BCUT2D eigenvalue weighted by atomic mass is 16.5. The number of amides is 5. The molecule has 2 aliphatic rings. The predicted octanol–water partition coefficient (Wildman–Crippen LogP) is 1.80. The minimum Gasteiger partial charge on any atom is -0.444 e. The highest BCUT2D eigenvalue weighted by Crippen LogP contribution is 2.21. The fraction of sp³-hybridized carbons (Fsp3) is 0.414. The molecule has 40 heavy (non-hydrogen) atoms. The second-order valence-electron chi connectivity index (χ2n) is 9.89. The summed E-state index contributed by atoms with van der Waals surface area (Å²) in [5, 5.41) is 7.56. The van der Waals surface area contributed by atoms with Crippen LogP contribution in [0.5, 0.6) is 0 Å². The van der Waals surface area contributed by atoms with Gasteiger partial charge in [0, 0.05) is 13.0 Å². The molecular weight excluding hydrogens is 516 g/mol. The first kappa shape index (κ1) is 28.8. The first-order valence-corrected chi connectivity index (χ1v) is 13.4. The number of carbonyl (C=O) groups excluding carboxylic acids is 5. The molecule has 0 unspecified atom stereocenters. The Labute approximate surface area is 232 Å². The van der Waals surface area contributed by atoms with E-state index in [4.69, 9.17) is 9.47 Å². The van der Waals surface area contributed by atoms with Crippen LogP contribution in [0.4, 0.5) is 4.79 Å². The molecule has 0 spiro atoms. The molecule has 2 aliphatic heterocycles. The van der Waals surface area contributed by atoms with E-state index in [9.17, 15) is 24.0 Å². The molecule has 212 valence electrons. The lowest BCUT2D eigenvalue weighted by atomic mass is 10.1. The topological polar surface area (TPSA) is 143 Å². The Hall–Kier alpha value is -4.25. The second kappa shape index (κ2) is 13.7. The molecule has 0 aliphatic carbocycles. The number of imide groups is 1. The molecule has 0 saturated carbocycles. The maximum absolute atomic E-state index is 13.8. The Morgan fingerprint density at radius 2 is 1.60 bits per heavy atom. The van der Waals surface area contributed by atoms with Crippen molar-refractivity contribution < 1.29 is 33.4 Å². The molecule has 2 heterocycles. The number of benzene rings is 2. The summed E-state index contributed by atoms with van der Waals surface area (Å²) in [5.41, 5.74) is 1.66. The van der Waals surface area contributed by atoms with E-state index in [-0.39, 0.29) is 32.1 Å². The molecule has 3 N–H and O–H groups in total. The summed E-state index contributed by atoms with van der Waals surface area (Å²) >= 11 is 0. The lowest BCUT2D eigenvalue weighted by Crippen LogP contribution is -2.59. The van der Waals surface area contributed by atoms with E-state index in [0.29, 0.717) is 19.3 Å². The molecule has 11 heteroatoms. The zero-order chi connectivity index (χ0) is 28.5. The van der Waals surface area contributed by atoms with Gasteiger partial charge in [-0.25, -0.2) is 4.79 Å². The van der Waals surface area contributed by atoms with Gasteiger partial charge in [-0.3, -0.25) is 24.5 Å². The van der Waals surface area contributed by atoms with Crippen LogP contribution in [0, 0.1) is 0 Å². The summed E-state index contributed by atoms with van der Waals surface area (Å²) in [7, 11) is 0. The number of hydrogen-bond acceptors (Lipinski definition) is 7. The van der Waals surface area contributed by atoms with Crippen molar-refractivity contribution in [1.29, 1.82) is 0 Å². The Balaban J connectivity index is 1.41. The minimum absolute atomic E-state index is 0.00462. The number of hydrogen-bond donors (Lipinski definition) is 3. The molecule has 2 fully saturated rings. The van der Waals surface area contributed by atoms with Gasteiger partial charge in [0.25, 0.3) is 5.91 Å². The quantitative estimate of drug-likeness (QED) is 0.409. The highest BCUT2D eigenvalue weighted by molar-refractivity contribution is 5.99. The first-order valence-electron chi connectivity index (χ1n) is 13.4. The minimum atomic E-state index is -1.12. The molecule has 2 aromatic carbocycles. The van der Waals surface area contributed by atoms with E-state index in [1.54, 1.807) is 19.1 Å². The van der Waals surface area contributed by atoms with E-state index in [2.05, 4.69) is 16.0 Å². The van der Waals surface area contributed by atoms with Crippen molar-refractivity contribution >= 4 is 29.7 Å². The zero-order valence-corrected chi connectivity index (χ0v) is 22.3. The van der Waals surface area contributed by atoms with Gasteiger partial charge in [-0.1, -0.05) is 60.7 Å². The van der Waals surface area contributed by atoms with Crippen molar-refractivity contribution in [3.05, 3.63) is 71.8 Å². The zero-order valence-electron chi connectivity index (χ0n) is 22.3. The third-order valence-electron chi connectivity index (χ3n) is 6.98. The number of nitrogens with one attached hydrogen (secondary N) is 3. The summed E-state index contributed by atoms with van der Waals surface area (Å²) in [6.45, 7) is 2.15. The Morgan fingerprint density at radius 3 is 2.23 bits per heavy atom. The van der Waals surface area contributed by atoms with Crippen molar-refractivity contribution in [3.8, 4) is 0 Å². The third-order valence-corrected chi connectivity index (χ3v) is 6.98. The summed E-state index contributed by atoms with van der Waals surface area (Å²) in [4.78, 5) is 65.0. The standard InChI is InChI=1S/C29H34N4O7/c1-19(39-17-20-9-4-2-5-10-20)25(31-26(35)22-14-15-24(34)30-22)28(37)33-16-8-13-23(33)27(36)32-29(38)40-18-21-11-6-3-7-12-21/h2-7,9-12,19,22-23,25H,8,13-18H2,1H3,(H,30,34)(H,31,35)(H,32,36,38)/t19-,22+,23+,25+/m1/s1. The highest BCUT2D eigenvalue weighted by Gasteiger charge is 2.41. The fourth-order valence-corrected chi connectivity index (χ4v) is 4.77. The van der Waals surface area contributed by atoms with Gasteiger partial charge in [0.2, 0.25) is 17.7 Å². The molecule has 0 aromatic heterocycles. The van der Waals surface area contributed by atoms with Crippen LogP contribution >= 0.6 is 0 Å². The van der Waals surface area contributed by atoms with Crippen LogP contribution in [0.2, 0.25) is 0 Å². The number of carbonyl (C=O) groups is 5. The van der Waals surface area contributed by atoms with E-state index in [0.717, 1.165) is 11.1 Å². The third kappa shape index (κ3) is 7.66. The number of ether oxygens (including phenoxy) is 2. The van der Waals surface area contributed by atoms with Crippen LogP contribution in [0.25, 0.3) is 0 Å². The number of rotatable bonds is 10.